The standard InChI is InChI=1S/C15H22O/c1-9(2)10-6-14(3)8-15(4)7-11(10)12(14)5-13(15)16/h11-12H,5-8H2,1-4H3/t11-,12-,14-,15+/m0/s1. The third-order valence-electron chi connectivity index (χ3n) is 5.61. The third-order valence-corrected chi connectivity index (χ3v) is 5.61. The van der Waals surface area contributed by atoms with Gasteiger partial charge in [0.2, 0.25) is 0 Å². The molecule has 1 heteroatoms. The van der Waals surface area contributed by atoms with E-state index in [0.29, 0.717) is 17.1 Å². The van der Waals surface area contributed by atoms with E-state index >= 15 is 0 Å². The van der Waals surface area contributed by atoms with Crippen molar-refractivity contribution in [2.24, 2.45) is 22.7 Å². The van der Waals surface area contributed by atoms with Gasteiger partial charge in [-0.2, -0.15) is 0 Å². The fourth-order valence-electron chi connectivity index (χ4n) is 4.93. The zero-order valence-electron chi connectivity index (χ0n) is 10.9. The summed E-state index contributed by atoms with van der Waals surface area (Å²) >= 11 is 0. The highest BCUT2D eigenvalue weighted by molar-refractivity contribution is 5.87. The monoisotopic (exact) mass is 218 g/mol. The quantitative estimate of drug-likeness (QED) is 0.566. The fourth-order valence-corrected chi connectivity index (χ4v) is 4.93. The van der Waals surface area contributed by atoms with Crippen molar-refractivity contribution in [3.05, 3.63) is 11.1 Å². The van der Waals surface area contributed by atoms with Crippen molar-refractivity contribution >= 4 is 5.78 Å². The molecule has 0 N–H and O–H groups in total. The Morgan fingerprint density at radius 2 is 2.00 bits per heavy atom. The van der Waals surface area contributed by atoms with Crippen LogP contribution in [0.2, 0.25) is 0 Å². The minimum atomic E-state index is 0.00532. The number of fused-ring (bicyclic) bond motifs is 1. The van der Waals surface area contributed by atoms with Gasteiger partial charge >= 0.3 is 0 Å². The molecule has 4 bridgehead atoms. The number of carbonyl (C=O) groups is 1. The summed E-state index contributed by atoms with van der Waals surface area (Å²) in [5.41, 5.74) is 3.63. The van der Waals surface area contributed by atoms with E-state index in [-0.39, 0.29) is 5.41 Å². The summed E-state index contributed by atoms with van der Waals surface area (Å²) in [5.74, 6) is 1.93. The zero-order chi connectivity index (χ0) is 11.7. The second-order valence-electron chi connectivity index (χ2n) is 7.14. The molecule has 0 spiro atoms. The van der Waals surface area contributed by atoms with Gasteiger partial charge in [-0.05, 0) is 50.4 Å². The minimum Gasteiger partial charge on any atom is -0.299 e. The highest BCUT2D eigenvalue weighted by Gasteiger charge is 2.62. The molecule has 0 aromatic carbocycles. The molecular formula is C15H22O. The molecule has 0 aliphatic heterocycles. The maximum absolute atomic E-state index is 12.1. The van der Waals surface area contributed by atoms with E-state index in [0.717, 1.165) is 25.2 Å². The lowest BCUT2D eigenvalue weighted by molar-refractivity contribution is -0.146. The number of allylic oxidation sites excluding steroid dienone is 2. The Morgan fingerprint density at radius 1 is 1.31 bits per heavy atom. The molecule has 4 aliphatic carbocycles. The third kappa shape index (κ3) is 1.10. The predicted octanol–water partition coefficient (Wildman–Crippen LogP) is 3.74. The number of Topliss-reactive ketones (excluding diaryl/α,β-unsaturated/α-hetero) is 1. The molecule has 1 nitrogen and oxygen atoms in total. The van der Waals surface area contributed by atoms with Crippen LogP contribution in [0, 0.1) is 22.7 Å². The number of hydrogen-bond donors (Lipinski definition) is 0. The molecule has 4 fully saturated rings. The van der Waals surface area contributed by atoms with Crippen LogP contribution in [-0.2, 0) is 4.79 Å². The van der Waals surface area contributed by atoms with E-state index in [1.807, 2.05) is 0 Å². The van der Waals surface area contributed by atoms with Gasteiger partial charge in [-0.25, -0.2) is 0 Å². The second kappa shape index (κ2) is 2.80. The highest BCUT2D eigenvalue weighted by atomic mass is 16.1. The smallest absolute Gasteiger partial charge is 0.139 e. The molecule has 4 atom stereocenters. The first-order valence-corrected chi connectivity index (χ1v) is 6.55. The average Bonchev–Trinajstić information content (AvgIpc) is 2.37. The number of carbonyl (C=O) groups excluding carboxylic acids is 1. The van der Waals surface area contributed by atoms with Gasteiger partial charge in [0.15, 0.2) is 0 Å². The van der Waals surface area contributed by atoms with Crippen molar-refractivity contribution in [3.63, 3.8) is 0 Å². The summed E-state index contributed by atoms with van der Waals surface area (Å²) < 4.78 is 0. The molecule has 88 valence electrons. The molecule has 4 aliphatic rings. The summed E-state index contributed by atoms with van der Waals surface area (Å²) in [6, 6.07) is 0. The van der Waals surface area contributed by atoms with Crippen LogP contribution in [-0.4, -0.2) is 5.78 Å². The number of hydrogen-bond acceptors (Lipinski definition) is 1. The largest absolute Gasteiger partial charge is 0.299 e. The SMILES string of the molecule is CC(C)=C1C[C@@]2(C)C[C@@]3(C)C[C@@H]1[C@@H]2CC3=O. The molecule has 4 saturated carbocycles. The molecule has 0 aromatic rings. The lowest BCUT2D eigenvalue weighted by atomic mass is 9.50. The summed E-state index contributed by atoms with van der Waals surface area (Å²) in [6.07, 6.45) is 4.38. The first-order chi connectivity index (χ1) is 7.36. The first-order valence-electron chi connectivity index (χ1n) is 6.55. The number of ketones is 1. The molecular weight excluding hydrogens is 196 g/mol. The highest BCUT2D eigenvalue weighted by Crippen LogP contribution is 2.68. The lowest BCUT2D eigenvalue weighted by Crippen LogP contribution is -2.50. The van der Waals surface area contributed by atoms with Crippen LogP contribution in [0.15, 0.2) is 11.1 Å². The van der Waals surface area contributed by atoms with E-state index in [2.05, 4.69) is 27.7 Å². The minimum absolute atomic E-state index is 0.00532. The van der Waals surface area contributed by atoms with Gasteiger partial charge in [-0.1, -0.05) is 25.0 Å². The maximum atomic E-state index is 12.1. The van der Waals surface area contributed by atoms with Crippen molar-refractivity contribution in [1.29, 1.82) is 0 Å². The molecule has 0 amide bonds. The van der Waals surface area contributed by atoms with Crippen LogP contribution in [0.4, 0.5) is 0 Å². The van der Waals surface area contributed by atoms with Crippen molar-refractivity contribution in [2.45, 2.75) is 53.4 Å². The van der Waals surface area contributed by atoms with Gasteiger partial charge in [0.05, 0.1) is 0 Å². The van der Waals surface area contributed by atoms with Crippen molar-refractivity contribution < 1.29 is 4.79 Å². The molecule has 0 radical (unpaired) electrons. The lowest BCUT2D eigenvalue weighted by Gasteiger charge is -2.52. The Balaban J connectivity index is 2.10. The predicted molar refractivity (Wildman–Crippen MR) is 65.0 cm³/mol. The normalized spacial score (nSPS) is 50.0. The molecule has 0 heterocycles. The maximum Gasteiger partial charge on any atom is 0.139 e. The van der Waals surface area contributed by atoms with Crippen molar-refractivity contribution in [1.82, 2.24) is 0 Å². The zero-order valence-corrected chi connectivity index (χ0v) is 10.9. The Morgan fingerprint density at radius 3 is 2.56 bits per heavy atom. The molecule has 0 saturated heterocycles. The van der Waals surface area contributed by atoms with E-state index in [1.54, 1.807) is 5.57 Å². The topological polar surface area (TPSA) is 17.1 Å². The molecule has 0 unspecified atom stereocenters. The average molecular weight is 218 g/mol. The van der Waals surface area contributed by atoms with Crippen LogP contribution >= 0.6 is 0 Å². The fraction of sp³-hybridized carbons (Fsp3) is 0.800. The van der Waals surface area contributed by atoms with Gasteiger partial charge in [-0.15, -0.1) is 0 Å². The Kier molecular flexibility index (Phi) is 1.85. The Hall–Kier alpha value is -0.590. The van der Waals surface area contributed by atoms with E-state index < -0.39 is 0 Å². The number of rotatable bonds is 0. The van der Waals surface area contributed by atoms with Crippen LogP contribution in [0.5, 0.6) is 0 Å². The van der Waals surface area contributed by atoms with E-state index in [1.165, 1.54) is 12.0 Å². The van der Waals surface area contributed by atoms with Gasteiger partial charge < -0.3 is 0 Å². The summed E-state index contributed by atoms with van der Waals surface area (Å²) in [6.45, 7) is 9.13. The van der Waals surface area contributed by atoms with E-state index in [9.17, 15) is 4.79 Å². The molecule has 0 aromatic heterocycles. The van der Waals surface area contributed by atoms with Gasteiger partial charge in [-0.3, -0.25) is 4.79 Å². The van der Waals surface area contributed by atoms with Crippen molar-refractivity contribution in [2.75, 3.05) is 0 Å². The Bertz CT molecular complexity index is 402. The van der Waals surface area contributed by atoms with Crippen LogP contribution < -0.4 is 0 Å². The van der Waals surface area contributed by atoms with Crippen molar-refractivity contribution in [3.8, 4) is 0 Å². The second-order valence-corrected chi connectivity index (χ2v) is 7.14. The van der Waals surface area contributed by atoms with Gasteiger partial charge in [0, 0.05) is 11.8 Å². The summed E-state index contributed by atoms with van der Waals surface area (Å²) in [5, 5.41) is 0. The first kappa shape index (κ1) is 10.6. The Labute approximate surface area is 98.3 Å². The van der Waals surface area contributed by atoms with Gasteiger partial charge in [0.25, 0.3) is 0 Å². The molecule has 4 rings (SSSR count). The summed E-state index contributed by atoms with van der Waals surface area (Å²) in [4.78, 5) is 12.1. The molecule has 16 heavy (non-hydrogen) atoms. The summed E-state index contributed by atoms with van der Waals surface area (Å²) in [7, 11) is 0. The van der Waals surface area contributed by atoms with Crippen LogP contribution in [0.3, 0.4) is 0 Å². The van der Waals surface area contributed by atoms with Crippen LogP contribution in [0.25, 0.3) is 0 Å². The van der Waals surface area contributed by atoms with Gasteiger partial charge in [0.1, 0.15) is 5.78 Å². The van der Waals surface area contributed by atoms with Crippen LogP contribution in [0.1, 0.15) is 53.4 Å². The van der Waals surface area contributed by atoms with E-state index in [4.69, 9.17) is 0 Å².